The summed E-state index contributed by atoms with van der Waals surface area (Å²) in [4.78, 5) is 37.4. The van der Waals surface area contributed by atoms with Crippen LogP contribution in [-0.2, 0) is 9.53 Å². The van der Waals surface area contributed by atoms with Crippen LogP contribution in [0, 0.1) is 3.57 Å². The average Bonchev–Trinajstić information content (AvgIpc) is 2.66. The van der Waals surface area contributed by atoms with E-state index >= 15 is 0 Å². The Morgan fingerprint density at radius 1 is 1.19 bits per heavy atom. The Morgan fingerprint density at radius 3 is 2.48 bits per heavy atom. The molecule has 1 heterocycles. The molecule has 0 spiro atoms. The molecule has 3 amide bonds. The fraction of sp³-hybridized carbons (Fsp3) is 0.526. The molecule has 27 heavy (non-hydrogen) atoms. The van der Waals surface area contributed by atoms with Crippen molar-refractivity contribution < 1.29 is 19.1 Å². The summed E-state index contributed by atoms with van der Waals surface area (Å²) >= 11 is 2.19. The molecule has 0 radical (unpaired) electrons. The number of nitrogens with one attached hydrogen (secondary N) is 2. The van der Waals surface area contributed by atoms with Gasteiger partial charge >= 0.3 is 6.09 Å². The molecule has 0 bridgehead atoms. The first-order chi connectivity index (χ1) is 13.0. The first-order valence-electron chi connectivity index (χ1n) is 9.24. The number of carbonyl (C=O) groups is 3. The van der Waals surface area contributed by atoms with Gasteiger partial charge < -0.3 is 20.3 Å². The van der Waals surface area contributed by atoms with Crippen LogP contribution in [0.3, 0.4) is 0 Å². The summed E-state index contributed by atoms with van der Waals surface area (Å²) < 4.78 is 6.06. The summed E-state index contributed by atoms with van der Waals surface area (Å²) in [6.07, 6.45) is 2.13. The highest BCUT2D eigenvalue weighted by Gasteiger charge is 2.24. The molecule has 1 saturated heterocycles. The maximum absolute atomic E-state index is 12.1. The predicted molar refractivity (Wildman–Crippen MR) is 110 cm³/mol. The molecule has 1 aromatic rings. The van der Waals surface area contributed by atoms with E-state index in [4.69, 9.17) is 4.74 Å². The van der Waals surface area contributed by atoms with Crippen molar-refractivity contribution in [1.29, 1.82) is 0 Å². The van der Waals surface area contributed by atoms with Crippen LogP contribution in [0.2, 0.25) is 0 Å². The van der Waals surface area contributed by atoms with Gasteiger partial charge in [0.15, 0.2) is 0 Å². The number of likely N-dealkylation sites (tertiary alicyclic amines) is 1. The lowest BCUT2D eigenvalue weighted by Gasteiger charge is -2.31. The average molecular weight is 487 g/mol. The van der Waals surface area contributed by atoms with E-state index in [2.05, 4.69) is 33.2 Å². The largest absolute Gasteiger partial charge is 0.450 e. The number of ether oxygens (including phenoxy) is 1. The second-order valence-corrected chi connectivity index (χ2v) is 7.64. The minimum Gasteiger partial charge on any atom is -0.450 e. The molecular formula is C19H26IN3O4. The third-order valence-electron chi connectivity index (χ3n) is 4.36. The third-order valence-corrected chi connectivity index (χ3v) is 5.08. The smallest absolute Gasteiger partial charge is 0.409 e. The van der Waals surface area contributed by atoms with Gasteiger partial charge in [0, 0.05) is 41.2 Å². The van der Waals surface area contributed by atoms with Crippen molar-refractivity contribution in [3.8, 4) is 0 Å². The molecule has 0 aromatic heterocycles. The molecule has 8 heteroatoms. The van der Waals surface area contributed by atoms with Gasteiger partial charge in [-0.2, -0.15) is 0 Å². The van der Waals surface area contributed by atoms with Gasteiger partial charge in [0.25, 0.3) is 5.91 Å². The van der Waals surface area contributed by atoms with Gasteiger partial charge in [-0.1, -0.05) is 0 Å². The molecule has 1 aromatic carbocycles. The Balaban J connectivity index is 1.59. The summed E-state index contributed by atoms with van der Waals surface area (Å²) in [5.41, 5.74) is 0.619. The van der Waals surface area contributed by atoms with E-state index in [1.165, 1.54) is 0 Å². The lowest BCUT2D eigenvalue weighted by molar-refractivity contribution is -0.122. The minimum atomic E-state index is -0.286. The van der Waals surface area contributed by atoms with Crippen LogP contribution in [0.1, 0.15) is 43.0 Å². The molecule has 0 aliphatic carbocycles. The molecule has 0 unspecified atom stereocenters. The predicted octanol–water partition coefficient (Wildman–Crippen LogP) is 2.54. The molecule has 0 atom stereocenters. The molecule has 1 aliphatic rings. The zero-order valence-electron chi connectivity index (χ0n) is 15.5. The first kappa shape index (κ1) is 21.5. The van der Waals surface area contributed by atoms with E-state index in [0.717, 1.165) is 16.4 Å². The van der Waals surface area contributed by atoms with Gasteiger partial charge in [-0.05, 0) is 73.0 Å². The van der Waals surface area contributed by atoms with Crippen molar-refractivity contribution in [3.05, 3.63) is 33.4 Å². The zero-order chi connectivity index (χ0) is 19.6. The van der Waals surface area contributed by atoms with Crippen molar-refractivity contribution >= 4 is 40.5 Å². The Bertz CT molecular complexity index is 643. The minimum absolute atomic E-state index is 0.0203. The number of nitrogens with zero attached hydrogens (tertiary/aromatic N) is 1. The monoisotopic (exact) mass is 487 g/mol. The summed E-state index contributed by atoms with van der Waals surface area (Å²) in [5, 5.41) is 5.83. The number of hydrogen-bond donors (Lipinski definition) is 2. The maximum Gasteiger partial charge on any atom is 0.409 e. The van der Waals surface area contributed by atoms with Gasteiger partial charge in [-0.25, -0.2) is 4.79 Å². The quantitative estimate of drug-likeness (QED) is 0.457. The molecule has 7 nitrogen and oxygen atoms in total. The summed E-state index contributed by atoms with van der Waals surface area (Å²) in [7, 11) is 0. The van der Waals surface area contributed by atoms with Crippen molar-refractivity contribution in [2.45, 2.75) is 38.6 Å². The Morgan fingerprint density at radius 2 is 1.85 bits per heavy atom. The Labute approximate surface area is 173 Å². The number of carbonyl (C=O) groups excluding carboxylic acids is 3. The second kappa shape index (κ2) is 11.1. The van der Waals surface area contributed by atoms with Crippen molar-refractivity contribution in [2.24, 2.45) is 0 Å². The van der Waals surface area contributed by atoms with Gasteiger partial charge in [0.1, 0.15) is 0 Å². The lowest BCUT2D eigenvalue weighted by atomic mass is 10.1. The van der Waals surface area contributed by atoms with E-state index in [1.807, 2.05) is 12.1 Å². The highest BCUT2D eigenvalue weighted by molar-refractivity contribution is 14.1. The van der Waals surface area contributed by atoms with Crippen LogP contribution >= 0.6 is 22.6 Å². The fourth-order valence-corrected chi connectivity index (χ4v) is 3.23. The highest BCUT2D eigenvalue weighted by atomic mass is 127. The van der Waals surface area contributed by atoms with Gasteiger partial charge in [0.05, 0.1) is 6.61 Å². The van der Waals surface area contributed by atoms with Crippen LogP contribution in [0.4, 0.5) is 4.79 Å². The molecule has 1 aliphatic heterocycles. The molecule has 2 rings (SSSR count). The van der Waals surface area contributed by atoms with Crippen LogP contribution in [0.5, 0.6) is 0 Å². The van der Waals surface area contributed by atoms with Crippen molar-refractivity contribution in [1.82, 2.24) is 15.5 Å². The van der Waals surface area contributed by atoms with Crippen LogP contribution < -0.4 is 10.6 Å². The van der Waals surface area contributed by atoms with E-state index in [0.29, 0.717) is 44.6 Å². The standard InChI is InChI=1S/C19H26IN3O4/c1-2-27-19(26)23-12-9-16(10-13-23)22-17(24)4-3-11-21-18(25)14-5-7-15(20)8-6-14/h5-8,16H,2-4,9-13H2,1H3,(H,21,25)(H,22,24). The molecule has 2 N–H and O–H groups in total. The molecule has 0 saturated carbocycles. The lowest BCUT2D eigenvalue weighted by Crippen LogP contribution is -2.46. The normalized spacial score (nSPS) is 14.5. The number of halogens is 1. The number of piperidine rings is 1. The zero-order valence-corrected chi connectivity index (χ0v) is 17.7. The molecule has 148 valence electrons. The summed E-state index contributed by atoms with van der Waals surface area (Å²) in [6.45, 7) is 3.80. The SMILES string of the molecule is CCOC(=O)N1CCC(NC(=O)CCCNC(=O)c2ccc(I)cc2)CC1. The van der Waals surface area contributed by atoms with Gasteiger partial charge in [-0.15, -0.1) is 0 Å². The van der Waals surface area contributed by atoms with Gasteiger partial charge in [-0.3, -0.25) is 9.59 Å². The Hall–Kier alpha value is -1.84. The van der Waals surface area contributed by atoms with E-state index in [-0.39, 0.29) is 23.9 Å². The Kier molecular flexibility index (Phi) is 8.83. The van der Waals surface area contributed by atoms with E-state index in [1.54, 1.807) is 24.0 Å². The van der Waals surface area contributed by atoms with Gasteiger partial charge in [0.2, 0.25) is 5.91 Å². The third kappa shape index (κ3) is 7.36. The van der Waals surface area contributed by atoms with Crippen LogP contribution in [-0.4, -0.2) is 55.1 Å². The second-order valence-electron chi connectivity index (χ2n) is 6.39. The highest BCUT2D eigenvalue weighted by Crippen LogP contribution is 2.12. The van der Waals surface area contributed by atoms with E-state index < -0.39 is 0 Å². The summed E-state index contributed by atoms with van der Waals surface area (Å²) in [5.74, 6) is -0.147. The maximum atomic E-state index is 12.1. The van der Waals surface area contributed by atoms with Crippen LogP contribution in [0.15, 0.2) is 24.3 Å². The van der Waals surface area contributed by atoms with Crippen molar-refractivity contribution in [2.75, 3.05) is 26.2 Å². The van der Waals surface area contributed by atoms with E-state index in [9.17, 15) is 14.4 Å². The van der Waals surface area contributed by atoms with Crippen LogP contribution in [0.25, 0.3) is 0 Å². The molecular weight excluding hydrogens is 461 g/mol. The number of rotatable bonds is 7. The summed E-state index contributed by atoms with van der Waals surface area (Å²) in [6, 6.07) is 7.43. The molecule has 1 fully saturated rings. The van der Waals surface area contributed by atoms with Crippen molar-refractivity contribution in [3.63, 3.8) is 0 Å². The number of amides is 3. The topological polar surface area (TPSA) is 87.7 Å². The first-order valence-corrected chi connectivity index (χ1v) is 10.3. The fourth-order valence-electron chi connectivity index (χ4n) is 2.88. The number of hydrogen-bond acceptors (Lipinski definition) is 4. The number of benzene rings is 1.